The van der Waals surface area contributed by atoms with Gasteiger partial charge in [0.2, 0.25) is 0 Å². The summed E-state index contributed by atoms with van der Waals surface area (Å²) in [5, 5.41) is 13.0. The number of benzene rings is 1. The summed E-state index contributed by atoms with van der Waals surface area (Å²) in [5.41, 5.74) is 7.96. The number of aromatic nitrogens is 3. The minimum absolute atomic E-state index is 0.0953. The van der Waals surface area contributed by atoms with Gasteiger partial charge in [0.05, 0.1) is 11.9 Å². The Morgan fingerprint density at radius 2 is 2.11 bits per heavy atom. The molecule has 0 spiro atoms. The number of nitrogens with zero attached hydrogens (tertiary/aromatic N) is 2. The Morgan fingerprint density at radius 1 is 1.33 bits per heavy atom. The Kier molecular flexibility index (Phi) is 4.03. The minimum atomic E-state index is -0.0953. The van der Waals surface area contributed by atoms with Crippen molar-refractivity contribution in [2.75, 3.05) is 6.54 Å². The van der Waals surface area contributed by atoms with Crippen LogP contribution in [0.1, 0.15) is 21.6 Å². The van der Waals surface area contributed by atoms with Crippen LogP contribution in [0, 0.1) is 0 Å². The van der Waals surface area contributed by atoms with Gasteiger partial charge >= 0.3 is 0 Å². The lowest BCUT2D eigenvalue weighted by Crippen LogP contribution is -2.25. The zero-order valence-electron chi connectivity index (χ0n) is 9.89. The highest BCUT2D eigenvalue weighted by Gasteiger charge is 2.04. The van der Waals surface area contributed by atoms with Crippen molar-refractivity contribution < 1.29 is 4.79 Å². The van der Waals surface area contributed by atoms with Gasteiger partial charge in [0.25, 0.3) is 5.91 Å². The second kappa shape index (κ2) is 5.92. The van der Waals surface area contributed by atoms with E-state index in [4.69, 9.17) is 5.73 Å². The molecule has 0 unspecified atom stereocenters. The van der Waals surface area contributed by atoms with Gasteiger partial charge in [0.15, 0.2) is 0 Å². The quantitative estimate of drug-likeness (QED) is 0.702. The van der Waals surface area contributed by atoms with E-state index in [1.165, 1.54) is 0 Å². The number of H-pyrrole nitrogens is 1. The van der Waals surface area contributed by atoms with Crippen molar-refractivity contribution in [2.24, 2.45) is 5.73 Å². The molecule has 1 aromatic carbocycles. The Bertz CT molecular complexity index is 492. The smallest absolute Gasteiger partial charge is 0.251 e. The molecule has 0 saturated carbocycles. The molecule has 0 aliphatic heterocycles. The van der Waals surface area contributed by atoms with Crippen molar-refractivity contribution in [3.8, 4) is 0 Å². The maximum absolute atomic E-state index is 11.8. The van der Waals surface area contributed by atoms with Crippen molar-refractivity contribution in [2.45, 2.75) is 13.0 Å². The molecule has 2 rings (SSSR count). The van der Waals surface area contributed by atoms with Crippen LogP contribution < -0.4 is 11.1 Å². The number of rotatable bonds is 5. The Balaban J connectivity index is 1.83. The fraction of sp³-hybridized carbons (Fsp3) is 0.250. The van der Waals surface area contributed by atoms with Gasteiger partial charge in [0, 0.05) is 25.1 Å². The van der Waals surface area contributed by atoms with Crippen molar-refractivity contribution in [3.63, 3.8) is 0 Å². The highest BCUT2D eigenvalue weighted by molar-refractivity contribution is 5.94. The van der Waals surface area contributed by atoms with Crippen LogP contribution in [-0.2, 0) is 13.0 Å². The molecule has 2 aromatic rings. The van der Waals surface area contributed by atoms with Gasteiger partial charge in [-0.1, -0.05) is 12.1 Å². The molecular formula is C12H15N5O. The van der Waals surface area contributed by atoms with Crippen molar-refractivity contribution in [1.82, 2.24) is 20.7 Å². The van der Waals surface area contributed by atoms with E-state index in [1.807, 2.05) is 12.1 Å². The Morgan fingerprint density at radius 3 is 2.72 bits per heavy atom. The first-order chi connectivity index (χ1) is 8.79. The Labute approximate surface area is 105 Å². The molecule has 0 atom stereocenters. The normalized spacial score (nSPS) is 10.3. The molecule has 0 fully saturated rings. The van der Waals surface area contributed by atoms with Gasteiger partial charge in [-0.3, -0.25) is 4.79 Å². The molecule has 18 heavy (non-hydrogen) atoms. The molecule has 4 N–H and O–H groups in total. The number of carbonyl (C=O) groups excluding carboxylic acids is 1. The molecule has 0 saturated heterocycles. The summed E-state index contributed by atoms with van der Waals surface area (Å²) in [6, 6.07) is 7.25. The van der Waals surface area contributed by atoms with Crippen LogP contribution in [0.3, 0.4) is 0 Å². The van der Waals surface area contributed by atoms with Crippen molar-refractivity contribution >= 4 is 5.91 Å². The highest BCUT2D eigenvalue weighted by atomic mass is 16.1. The third-order valence-electron chi connectivity index (χ3n) is 2.58. The van der Waals surface area contributed by atoms with Crippen LogP contribution in [0.4, 0.5) is 0 Å². The maximum atomic E-state index is 11.8. The maximum Gasteiger partial charge on any atom is 0.251 e. The summed E-state index contributed by atoms with van der Waals surface area (Å²) in [6.07, 6.45) is 2.30. The standard InChI is InChI=1S/C12H15N5O/c13-7-9-1-3-10(4-2-9)12(18)14-6-5-11-8-15-17-16-11/h1-4,8H,5-7,13H2,(H,14,18)(H,15,16,17). The van der Waals surface area contributed by atoms with Gasteiger partial charge in [-0.15, -0.1) is 0 Å². The van der Waals surface area contributed by atoms with Crippen LogP contribution in [0.5, 0.6) is 0 Å². The van der Waals surface area contributed by atoms with E-state index in [0.717, 1.165) is 11.3 Å². The summed E-state index contributed by atoms with van der Waals surface area (Å²) in [4.78, 5) is 11.8. The largest absolute Gasteiger partial charge is 0.352 e. The highest BCUT2D eigenvalue weighted by Crippen LogP contribution is 2.03. The topological polar surface area (TPSA) is 96.7 Å². The van der Waals surface area contributed by atoms with E-state index in [9.17, 15) is 4.79 Å². The van der Waals surface area contributed by atoms with E-state index in [0.29, 0.717) is 25.1 Å². The first-order valence-corrected chi connectivity index (χ1v) is 5.71. The summed E-state index contributed by atoms with van der Waals surface area (Å²) < 4.78 is 0. The van der Waals surface area contributed by atoms with Gasteiger partial charge < -0.3 is 11.1 Å². The van der Waals surface area contributed by atoms with E-state index in [2.05, 4.69) is 20.7 Å². The average Bonchev–Trinajstić information content (AvgIpc) is 2.92. The number of hydrogen-bond acceptors (Lipinski definition) is 4. The molecule has 94 valence electrons. The Hall–Kier alpha value is -2.21. The summed E-state index contributed by atoms with van der Waals surface area (Å²) >= 11 is 0. The fourth-order valence-electron chi connectivity index (χ4n) is 1.54. The van der Waals surface area contributed by atoms with Crippen LogP contribution in [0.25, 0.3) is 0 Å². The predicted molar refractivity (Wildman–Crippen MR) is 66.8 cm³/mol. The molecule has 0 aliphatic rings. The molecule has 1 heterocycles. The lowest BCUT2D eigenvalue weighted by Gasteiger charge is -2.04. The zero-order chi connectivity index (χ0) is 12.8. The van der Waals surface area contributed by atoms with Gasteiger partial charge in [-0.05, 0) is 17.7 Å². The molecule has 0 aliphatic carbocycles. The first-order valence-electron chi connectivity index (χ1n) is 5.71. The van der Waals surface area contributed by atoms with Gasteiger partial charge in [-0.25, -0.2) is 0 Å². The second-order valence-corrected chi connectivity index (χ2v) is 3.87. The lowest BCUT2D eigenvalue weighted by atomic mass is 10.1. The minimum Gasteiger partial charge on any atom is -0.352 e. The number of amides is 1. The van der Waals surface area contributed by atoms with E-state index in [-0.39, 0.29) is 5.91 Å². The van der Waals surface area contributed by atoms with E-state index < -0.39 is 0 Å². The summed E-state index contributed by atoms with van der Waals surface area (Å²) in [5.74, 6) is -0.0953. The number of aromatic amines is 1. The molecule has 1 aromatic heterocycles. The molecule has 0 bridgehead atoms. The number of nitrogens with one attached hydrogen (secondary N) is 2. The zero-order valence-corrected chi connectivity index (χ0v) is 9.89. The van der Waals surface area contributed by atoms with Crippen LogP contribution in [-0.4, -0.2) is 27.9 Å². The molecular weight excluding hydrogens is 230 g/mol. The number of hydrogen-bond donors (Lipinski definition) is 3. The summed E-state index contributed by atoms with van der Waals surface area (Å²) in [6.45, 7) is 1.01. The van der Waals surface area contributed by atoms with Crippen molar-refractivity contribution in [3.05, 3.63) is 47.3 Å². The molecule has 6 heteroatoms. The first kappa shape index (κ1) is 12.3. The SMILES string of the molecule is NCc1ccc(C(=O)NCCc2cn[nH]n2)cc1. The number of carbonyl (C=O) groups is 1. The predicted octanol–water partition coefficient (Wildman–Crippen LogP) is 0.236. The van der Waals surface area contributed by atoms with Gasteiger partial charge in [0.1, 0.15) is 0 Å². The fourth-order valence-corrected chi connectivity index (χ4v) is 1.54. The molecule has 1 amide bonds. The van der Waals surface area contributed by atoms with Gasteiger partial charge in [-0.2, -0.15) is 15.4 Å². The van der Waals surface area contributed by atoms with Crippen molar-refractivity contribution in [1.29, 1.82) is 0 Å². The molecule has 0 radical (unpaired) electrons. The summed E-state index contributed by atoms with van der Waals surface area (Å²) in [7, 11) is 0. The second-order valence-electron chi connectivity index (χ2n) is 3.87. The monoisotopic (exact) mass is 245 g/mol. The lowest BCUT2D eigenvalue weighted by molar-refractivity contribution is 0.0954. The van der Waals surface area contributed by atoms with E-state index >= 15 is 0 Å². The third-order valence-corrected chi connectivity index (χ3v) is 2.58. The van der Waals surface area contributed by atoms with E-state index in [1.54, 1.807) is 18.3 Å². The molecule has 6 nitrogen and oxygen atoms in total. The van der Waals surface area contributed by atoms with Crippen LogP contribution >= 0.6 is 0 Å². The third kappa shape index (κ3) is 3.14. The average molecular weight is 245 g/mol. The van der Waals surface area contributed by atoms with Crippen LogP contribution in [0.15, 0.2) is 30.5 Å². The number of nitrogens with two attached hydrogens (primary N) is 1. The van der Waals surface area contributed by atoms with Crippen LogP contribution in [0.2, 0.25) is 0 Å².